The zero-order chi connectivity index (χ0) is 6.57. The molecule has 0 rings (SSSR count). The topological polar surface area (TPSA) is 35.8 Å². The molecule has 0 amide bonds. The average Bonchev–Trinajstić information content (AvgIpc) is 1.67. The molecule has 0 spiro atoms. The van der Waals surface area contributed by atoms with Gasteiger partial charge in [0.15, 0.2) is 0 Å². The first-order valence-electron chi connectivity index (χ1n) is 2.58. The third-order valence-electron chi connectivity index (χ3n) is 0.838. The first-order chi connectivity index (χ1) is 3.68. The van der Waals surface area contributed by atoms with Gasteiger partial charge in [-0.2, -0.15) is 5.10 Å². The van der Waals surface area contributed by atoms with E-state index in [9.17, 15) is 0 Å². The Bertz CT molecular complexity index is 80.5. The second-order valence-corrected chi connectivity index (χ2v) is 1.58. The van der Waals surface area contributed by atoms with E-state index in [4.69, 9.17) is 5.11 Å². The molecule has 0 radical (unpaired) electrons. The van der Waals surface area contributed by atoms with E-state index in [0.29, 0.717) is 0 Å². The standard InChI is InChI=1S/C5H12N2O/c1-4-6-7(3)5(2)8/h4-5,8H,1-3H3/b6-4-. The Morgan fingerprint density at radius 1 is 1.75 bits per heavy atom. The third kappa shape index (κ3) is 2.58. The minimum absolute atomic E-state index is 0.494. The van der Waals surface area contributed by atoms with E-state index < -0.39 is 6.23 Å². The van der Waals surface area contributed by atoms with Crippen molar-refractivity contribution < 1.29 is 5.11 Å². The first-order valence-corrected chi connectivity index (χ1v) is 2.58. The van der Waals surface area contributed by atoms with Crippen LogP contribution in [0.15, 0.2) is 5.10 Å². The second-order valence-electron chi connectivity index (χ2n) is 1.58. The highest BCUT2D eigenvalue weighted by atomic mass is 16.3. The van der Waals surface area contributed by atoms with Gasteiger partial charge in [-0.25, -0.2) is 0 Å². The number of rotatable bonds is 2. The van der Waals surface area contributed by atoms with Crippen LogP contribution in [-0.2, 0) is 0 Å². The average molecular weight is 116 g/mol. The van der Waals surface area contributed by atoms with Crippen LogP contribution in [0.25, 0.3) is 0 Å². The van der Waals surface area contributed by atoms with E-state index >= 15 is 0 Å². The molecule has 0 aromatic carbocycles. The van der Waals surface area contributed by atoms with E-state index in [2.05, 4.69) is 5.10 Å². The maximum Gasteiger partial charge on any atom is 0.139 e. The Morgan fingerprint density at radius 3 is 2.38 bits per heavy atom. The normalized spacial score (nSPS) is 14.5. The molecule has 1 atom stereocenters. The predicted molar refractivity (Wildman–Crippen MR) is 33.6 cm³/mol. The molecule has 0 saturated carbocycles. The quantitative estimate of drug-likeness (QED) is 0.319. The van der Waals surface area contributed by atoms with E-state index in [1.54, 1.807) is 27.1 Å². The van der Waals surface area contributed by atoms with E-state index in [1.807, 2.05) is 0 Å². The number of hydrogen-bond acceptors (Lipinski definition) is 3. The summed E-state index contributed by atoms with van der Waals surface area (Å²) >= 11 is 0. The largest absolute Gasteiger partial charge is 0.372 e. The number of aliphatic hydroxyl groups is 1. The van der Waals surface area contributed by atoms with Crippen molar-refractivity contribution in [2.75, 3.05) is 7.05 Å². The Hall–Kier alpha value is -0.570. The monoisotopic (exact) mass is 116 g/mol. The van der Waals surface area contributed by atoms with Crippen LogP contribution >= 0.6 is 0 Å². The lowest BCUT2D eigenvalue weighted by Gasteiger charge is -2.14. The fraction of sp³-hybridized carbons (Fsp3) is 0.800. The molecule has 1 unspecified atom stereocenters. The van der Waals surface area contributed by atoms with Gasteiger partial charge >= 0.3 is 0 Å². The van der Waals surface area contributed by atoms with Gasteiger partial charge in [0.2, 0.25) is 0 Å². The second kappa shape index (κ2) is 3.43. The Balaban J connectivity index is 3.47. The van der Waals surface area contributed by atoms with Crippen molar-refractivity contribution in [2.45, 2.75) is 20.1 Å². The van der Waals surface area contributed by atoms with Crippen LogP contribution in [0.2, 0.25) is 0 Å². The summed E-state index contributed by atoms with van der Waals surface area (Å²) in [5.74, 6) is 0. The highest BCUT2D eigenvalue weighted by Gasteiger charge is 1.95. The molecule has 3 heteroatoms. The lowest BCUT2D eigenvalue weighted by Crippen LogP contribution is -2.22. The molecule has 0 aliphatic rings. The first kappa shape index (κ1) is 7.43. The molecular formula is C5H12N2O. The molecule has 0 heterocycles. The molecule has 3 nitrogen and oxygen atoms in total. The van der Waals surface area contributed by atoms with Gasteiger partial charge < -0.3 is 5.11 Å². The van der Waals surface area contributed by atoms with E-state index in [-0.39, 0.29) is 0 Å². The molecule has 0 aliphatic carbocycles. The van der Waals surface area contributed by atoms with Crippen LogP contribution < -0.4 is 0 Å². The van der Waals surface area contributed by atoms with Gasteiger partial charge in [-0.1, -0.05) is 0 Å². The smallest absolute Gasteiger partial charge is 0.139 e. The molecule has 0 fully saturated rings. The summed E-state index contributed by atoms with van der Waals surface area (Å²) in [4.78, 5) is 0. The minimum atomic E-state index is -0.494. The van der Waals surface area contributed by atoms with Gasteiger partial charge in [0.1, 0.15) is 6.23 Å². The molecule has 8 heavy (non-hydrogen) atoms. The number of aliphatic hydroxyl groups excluding tert-OH is 1. The summed E-state index contributed by atoms with van der Waals surface area (Å²) in [6, 6.07) is 0. The lowest BCUT2D eigenvalue weighted by atomic mass is 10.6. The van der Waals surface area contributed by atoms with Crippen molar-refractivity contribution in [3.63, 3.8) is 0 Å². The molecular weight excluding hydrogens is 104 g/mol. The fourth-order valence-electron chi connectivity index (χ4n) is 0.279. The number of hydrazone groups is 1. The van der Waals surface area contributed by atoms with Crippen LogP contribution in [-0.4, -0.2) is 29.6 Å². The lowest BCUT2D eigenvalue weighted by molar-refractivity contribution is 0.0410. The third-order valence-corrected chi connectivity index (χ3v) is 0.838. The van der Waals surface area contributed by atoms with Gasteiger partial charge in [0, 0.05) is 13.3 Å². The van der Waals surface area contributed by atoms with Crippen LogP contribution in [0.4, 0.5) is 0 Å². The summed E-state index contributed by atoms with van der Waals surface area (Å²) < 4.78 is 0. The summed E-state index contributed by atoms with van der Waals surface area (Å²) in [6.45, 7) is 3.46. The Kier molecular flexibility index (Phi) is 3.19. The summed E-state index contributed by atoms with van der Waals surface area (Å²) in [5.41, 5.74) is 0. The molecule has 0 aromatic rings. The van der Waals surface area contributed by atoms with Gasteiger partial charge in [-0.05, 0) is 13.8 Å². The van der Waals surface area contributed by atoms with Crippen molar-refractivity contribution in [1.29, 1.82) is 0 Å². The maximum atomic E-state index is 8.76. The Morgan fingerprint density at radius 2 is 2.25 bits per heavy atom. The molecule has 1 N–H and O–H groups in total. The van der Waals surface area contributed by atoms with Gasteiger partial charge in [0.25, 0.3) is 0 Å². The van der Waals surface area contributed by atoms with Crippen LogP contribution in [0.1, 0.15) is 13.8 Å². The zero-order valence-electron chi connectivity index (χ0n) is 5.50. The van der Waals surface area contributed by atoms with Crippen molar-refractivity contribution in [3.8, 4) is 0 Å². The SMILES string of the molecule is C/C=N\N(C)C(C)O. The fourth-order valence-corrected chi connectivity index (χ4v) is 0.279. The Labute approximate surface area is 49.6 Å². The van der Waals surface area contributed by atoms with Gasteiger partial charge in [0.05, 0.1) is 0 Å². The predicted octanol–water partition coefficient (Wildman–Crippen LogP) is 0.262. The highest BCUT2D eigenvalue weighted by Crippen LogP contribution is 1.87. The zero-order valence-corrected chi connectivity index (χ0v) is 5.50. The van der Waals surface area contributed by atoms with Crippen LogP contribution in [0, 0.1) is 0 Å². The van der Waals surface area contributed by atoms with Crippen molar-refractivity contribution in [2.24, 2.45) is 5.10 Å². The van der Waals surface area contributed by atoms with Crippen molar-refractivity contribution in [1.82, 2.24) is 5.01 Å². The molecule has 0 aromatic heterocycles. The van der Waals surface area contributed by atoms with Crippen molar-refractivity contribution >= 4 is 6.21 Å². The maximum absolute atomic E-state index is 8.76. The van der Waals surface area contributed by atoms with Gasteiger partial charge in [-0.3, -0.25) is 5.01 Å². The van der Waals surface area contributed by atoms with Crippen molar-refractivity contribution in [3.05, 3.63) is 0 Å². The highest BCUT2D eigenvalue weighted by molar-refractivity contribution is 5.52. The molecule has 0 aliphatic heterocycles. The van der Waals surface area contributed by atoms with Crippen LogP contribution in [0.5, 0.6) is 0 Å². The minimum Gasteiger partial charge on any atom is -0.372 e. The molecule has 0 bridgehead atoms. The number of nitrogens with zero attached hydrogens (tertiary/aromatic N) is 2. The molecule has 0 saturated heterocycles. The molecule has 48 valence electrons. The van der Waals surface area contributed by atoms with E-state index in [0.717, 1.165) is 0 Å². The van der Waals surface area contributed by atoms with Crippen LogP contribution in [0.3, 0.4) is 0 Å². The summed E-state index contributed by atoms with van der Waals surface area (Å²) in [7, 11) is 1.71. The number of hydrogen-bond donors (Lipinski definition) is 1. The summed E-state index contributed by atoms with van der Waals surface area (Å²) in [5, 5.41) is 14.0. The van der Waals surface area contributed by atoms with Gasteiger partial charge in [-0.15, -0.1) is 0 Å². The van der Waals surface area contributed by atoms with E-state index in [1.165, 1.54) is 5.01 Å². The summed E-state index contributed by atoms with van der Waals surface area (Å²) in [6.07, 6.45) is 1.14.